The van der Waals surface area contributed by atoms with E-state index in [4.69, 9.17) is 0 Å². The van der Waals surface area contributed by atoms with Gasteiger partial charge < -0.3 is 10.0 Å². The summed E-state index contributed by atoms with van der Waals surface area (Å²) in [5.41, 5.74) is 2.41. The molecule has 0 amide bonds. The lowest BCUT2D eigenvalue weighted by Crippen LogP contribution is -3.14. The first kappa shape index (κ1) is 12.3. The van der Waals surface area contributed by atoms with Gasteiger partial charge in [0.15, 0.2) is 0 Å². The minimum atomic E-state index is -0.220. The smallest absolute Gasteiger partial charge is 0.137 e. The Morgan fingerprint density at radius 2 is 1.89 bits per heavy atom. The molecule has 0 aromatic heterocycles. The summed E-state index contributed by atoms with van der Waals surface area (Å²) in [6.07, 6.45) is 6.42. The van der Waals surface area contributed by atoms with Crippen LogP contribution in [0.15, 0.2) is 34.9 Å². The van der Waals surface area contributed by atoms with Crippen molar-refractivity contribution >= 4 is 17.8 Å². The molecule has 1 atom stereocenters. The first-order valence-electron chi connectivity index (χ1n) is 6.66. The van der Waals surface area contributed by atoms with E-state index in [0.717, 1.165) is 0 Å². The van der Waals surface area contributed by atoms with Crippen LogP contribution in [0.1, 0.15) is 18.4 Å². The van der Waals surface area contributed by atoms with Crippen LogP contribution in [0.5, 0.6) is 0 Å². The Labute approximate surface area is 113 Å². The Bertz CT molecular complexity index is 442. The van der Waals surface area contributed by atoms with Gasteiger partial charge in [-0.2, -0.15) is 0 Å². The van der Waals surface area contributed by atoms with Gasteiger partial charge in [-0.05, 0) is 24.0 Å². The number of hydrogen-bond donors (Lipinski definition) is 2. The van der Waals surface area contributed by atoms with Crippen LogP contribution >= 0.6 is 11.8 Å². The quantitative estimate of drug-likeness (QED) is 0.788. The highest BCUT2D eigenvalue weighted by molar-refractivity contribution is 7.98. The maximum atomic E-state index is 10.3. The number of hydrogen-bond acceptors (Lipinski definition) is 2. The topological polar surface area (TPSA) is 24.7 Å². The standard InChI is InChI=1S/C15H19NOS/c1-18-13-4-2-11(3-5-13)10-14-15(17)12-6-8-16(14)9-7-12/h2-5,10,12,15,17H,6-9H2,1H3/p+1/b14-10+/t15-/m1/s1. The largest absolute Gasteiger partial charge is 0.383 e. The SMILES string of the molecule is CSc1ccc(/C=C2\[C@H](O)C3CC[NH+]2CC3)cc1. The number of thioether (sulfide) groups is 1. The van der Waals surface area contributed by atoms with Crippen molar-refractivity contribution in [1.29, 1.82) is 0 Å². The van der Waals surface area contributed by atoms with Crippen LogP contribution in [0.3, 0.4) is 0 Å². The van der Waals surface area contributed by atoms with Crippen molar-refractivity contribution in [1.82, 2.24) is 0 Å². The van der Waals surface area contributed by atoms with Crippen molar-refractivity contribution in [2.45, 2.75) is 23.8 Å². The molecule has 0 unspecified atom stereocenters. The molecule has 3 heterocycles. The van der Waals surface area contributed by atoms with Crippen molar-refractivity contribution in [2.75, 3.05) is 19.3 Å². The molecule has 0 aliphatic carbocycles. The summed E-state index contributed by atoms with van der Waals surface area (Å²) in [5, 5.41) is 10.3. The van der Waals surface area contributed by atoms with Crippen LogP contribution in [0.2, 0.25) is 0 Å². The van der Waals surface area contributed by atoms with Gasteiger partial charge >= 0.3 is 0 Å². The molecular weight excluding hydrogens is 242 g/mol. The maximum absolute atomic E-state index is 10.3. The van der Waals surface area contributed by atoms with E-state index >= 15 is 0 Å². The highest BCUT2D eigenvalue weighted by atomic mass is 32.2. The van der Waals surface area contributed by atoms with Gasteiger partial charge in [0.05, 0.1) is 13.1 Å². The molecule has 3 aliphatic rings. The molecule has 18 heavy (non-hydrogen) atoms. The van der Waals surface area contributed by atoms with E-state index in [0.29, 0.717) is 5.92 Å². The lowest BCUT2D eigenvalue weighted by Gasteiger charge is -2.41. The highest BCUT2D eigenvalue weighted by Crippen LogP contribution is 2.25. The number of aliphatic hydroxyl groups excluding tert-OH is 1. The third kappa shape index (κ3) is 2.22. The van der Waals surface area contributed by atoms with Gasteiger partial charge in [-0.1, -0.05) is 12.1 Å². The summed E-state index contributed by atoms with van der Waals surface area (Å²) >= 11 is 1.76. The molecule has 2 N–H and O–H groups in total. The molecule has 2 bridgehead atoms. The van der Waals surface area contributed by atoms with Crippen LogP contribution in [0.25, 0.3) is 6.08 Å². The molecule has 3 fully saturated rings. The zero-order valence-electron chi connectivity index (χ0n) is 10.7. The molecular formula is C15H20NOS+. The summed E-state index contributed by atoms with van der Waals surface area (Å²) in [7, 11) is 0. The van der Waals surface area contributed by atoms with Crippen LogP contribution in [-0.4, -0.2) is 30.6 Å². The summed E-state index contributed by atoms with van der Waals surface area (Å²) < 4.78 is 0. The van der Waals surface area contributed by atoms with E-state index in [1.54, 1.807) is 11.8 Å². The summed E-state index contributed by atoms with van der Waals surface area (Å²) in [6, 6.07) is 8.59. The number of fused-ring (bicyclic) bond motifs is 3. The average Bonchev–Trinajstić information content (AvgIpc) is 2.44. The Kier molecular flexibility index (Phi) is 3.46. The van der Waals surface area contributed by atoms with Crippen molar-refractivity contribution in [3.8, 4) is 0 Å². The van der Waals surface area contributed by atoms with Crippen LogP contribution < -0.4 is 4.90 Å². The molecule has 2 nitrogen and oxygen atoms in total. The van der Waals surface area contributed by atoms with Gasteiger partial charge in [0.1, 0.15) is 11.8 Å². The number of rotatable bonds is 2. The fourth-order valence-corrected chi connectivity index (χ4v) is 3.53. The normalized spacial score (nSPS) is 33.0. The van der Waals surface area contributed by atoms with Gasteiger partial charge in [0, 0.05) is 29.7 Å². The predicted octanol–water partition coefficient (Wildman–Crippen LogP) is 1.42. The summed E-state index contributed by atoms with van der Waals surface area (Å²) in [5.74, 6) is 0.499. The number of benzene rings is 1. The fourth-order valence-electron chi connectivity index (χ4n) is 3.12. The Morgan fingerprint density at radius 3 is 2.44 bits per heavy atom. The first-order valence-corrected chi connectivity index (χ1v) is 7.89. The van der Waals surface area contributed by atoms with Crippen molar-refractivity contribution in [2.24, 2.45) is 5.92 Å². The van der Waals surface area contributed by atoms with E-state index in [1.807, 2.05) is 0 Å². The highest BCUT2D eigenvalue weighted by Gasteiger charge is 2.40. The molecule has 0 saturated carbocycles. The number of piperidine rings is 3. The van der Waals surface area contributed by atoms with Crippen molar-refractivity contribution in [3.05, 3.63) is 35.5 Å². The van der Waals surface area contributed by atoms with E-state index < -0.39 is 0 Å². The van der Waals surface area contributed by atoms with Gasteiger partial charge in [-0.25, -0.2) is 0 Å². The third-order valence-electron chi connectivity index (χ3n) is 4.25. The monoisotopic (exact) mass is 262 g/mol. The lowest BCUT2D eigenvalue weighted by atomic mass is 9.83. The van der Waals surface area contributed by atoms with Gasteiger partial charge in [-0.15, -0.1) is 11.8 Å². The average molecular weight is 262 g/mol. The first-order chi connectivity index (χ1) is 8.78. The molecule has 0 spiro atoms. The van der Waals surface area contributed by atoms with E-state index in [9.17, 15) is 5.11 Å². The summed E-state index contributed by atoms with van der Waals surface area (Å²) in [4.78, 5) is 2.77. The molecule has 3 saturated heterocycles. The molecule has 3 aliphatic heterocycles. The molecule has 1 aromatic carbocycles. The van der Waals surface area contributed by atoms with Crippen molar-refractivity contribution in [3.63, 3.8) is 0 Å². The molecule has 1 aromatic rings. The van der Waals surface area contributed by atoms with Gasteiger partial charge in [0.2, 0.25) is 0 Å². The Morgan fingerprint density at radius 1 is 1.22 bits per heavy atom. The lowest BCUT2D eigenvalue weighted by molar-refractivity contribution is -0.880. The van der Waals surface area contributed by atoms with E-state index in [1.165, 1.54) is 47.0 Å². The van der Waals surface area contributed by atoms with Gasteiger partial charge in [-0.3, -0.25) is 0 Å². The molecule has 3 heteroatoms. The molecule has 4 rings (SSSR count). The second kappa shape index (κ2) is 5.08. The van der Waals surface area contributed by atoms with E-state index in [-0.39, 0.29) is 6.10 Å². The molecule has 96 valence electrons. The zero-order chi connectivity index (χ0) is 12.5. The third-order valence-corrected chi connectivity index (χ3v) is 4.99. The molecule has 0 radical (unpaired) electrons. The fraction of sp³-hybridized carbons (Fsp3) is 0.467. The van der Waals surface area contributed by atoms with Crippen LogP contribution in [-0.2, 0) is 0 Å². The minimum Gasteiger partial charge on any atom is -0.383 e. The number of nitrogens with one attached hydrogen (secondary N) is 1. The maximum Gasteiger partial charge on any atom is 0.137 e. The Hall–Kier alpha value is -0.770. The van der Waals surface area contributed by atoms with Crippen LogP contribution in [0, 0.1) is 5.92 Å². The van der Waals surface area contributed by atoms with Gasteiger partial charge in [0.25, 0.3) is 0 Å². The second-order valence-electron chi connectivity index (χ2n) is 5.26. The van der Waals surface area contributed by atoms with E-state index in [2.05, 4.69) is 36.6 Å². The summed E-state index contributed by atoms with van der Waals surface area (Å²) in [6.45, 7) is 2.38. The number of aliphatic hydroxyl groups is 1. The second-order valence-corrected chi connectivity index (χ2v) is 6.14. The van der Waals surface area contributed by atoms with Crippen LogP contribution in [0.4, 0.5) is 0 Å². The minimum absolute atomic E-state index is 0.220. The predicted molar refractivity (Wildman–Crippen MR) is 75.6 cm³/mol. The Balaban J connectivity index is 1.86. The van der Waals surface area contributed by atoms with Crippen molar-refractivity contribution < 1.29 is 10.0 Å². The number of quaternary nitrogens is 1. The zero-order valence-corrected chi connectivity index (χ0v) is 11.5.